The van der Waals surface area contributed by atoms with Gasteiger partial charge >= 0.3 is 0 Å². The standard InChI is InChI=1S/C27H30N4O3/c1-33-23-11-9-22(10-12-23)24-18-25(26-8-5-17-34-26)31(28-24)27(32)20-30-15-13-29(14-16-30)19-21-6-3-2-4-7-21/h2-12,17,25H,13-16,18-20H2,1H3/t25-/m1/s1. The first kappa shape index (κ1) is 22.4. The molecular formula is C27H30N4O3. The highest BCUT2D eigenvalue weighted by Gasteiger charge is 2.35. The van der Waals surface area contributed by atoms with Crippen LogP contribution in [0.15, 0.2) is 82.5 Å². The molecule has 1 amide bonds. The van der Waals surface area contributed by atoms with E-state index >= 15 is 0 Å². The predicted molar refractivity (Wildman–Crippen MR) is 131 cm³/mol. The van der Waals surface area contributed by atoms with E-state index in [1.807, 2.05) is 42.5 Å². The number of piperazine rings is 1. The molecule has 0 aliphatic carbocycles. The number of amides is 1. The maximum absolute atomic E-state index is 13.4. The van der Waals surface area contributed by atoms with Crippen LogP contribution in [0.1, 0.15) is 29.3 Å². The molecule has 1 atom stereocenters. The lowest BCUT2D eigenvalue weighted by Gasteiger charge is -2.35. The number of benzene rings is 2. The number of furan rings is 1. The van der Waals surface area contributed by atoms with Gasteiger partial charge in [0.15, 0.2) is 0 Å². The molecule has 0 N–H and O–H groups in total. The first-order valence-electron chi connectivity index (χ1n) is 11.8. The van der Waals surface area contributed by atoms with Crippen LogP contribution in [-0.4, -0.2) is 66.3 Å². The molecule has 7 nitrogen and oxygen atoms in total. The molecule has 34 heavy (non-hydrogen) atoms. The van der Waals surface area contributed by atoms with E-state index in [0.717, 1.165) is 55.5 Å². The normalized spacial score (nSPS) is 19.3. The van der Waals surface area contributed by atoms with Gasteiger partial charge in [0.1, 0.15) is 17.6 Å². The molecule has 1 aromatic heterocycles. The van der Waals surface area contributed by atoms with E-state index in [1.54, 1.807) is 18.4 Å². The van der Waals surface area contributed by atoms with Crippen LogP contribution in [0.2, 0.25) is 0 Å². The van der Waals surface area contributed by atoms with Gasteiger partial charge in [0.05, 0.1) is 25.6 Å². The summed E-state index contributed by atoms with van der Waals surface area (Å²) < 4.78 is 10.9. The highest BCUT2D eigenvalue weighted by Crippen LogP contribution is 2.33. The fraction of sp³-hybridized carbons (Fsp3) is 0.333. The highest BCUT2D eigenvalue weighted by atomic mass is 16.5. The van der Waals surface area contributed by atoms with Gasteiger partial charge in [-0.05, 0) is 47.5 Å². The number of carbonyl (C=O) groups is 1. The number of methoxy groups -OCH3 is 1. The van der Waals surface area contributed by atoms with Crippen molar-refractivity contribution in [2.45, 2.75) is 19.0 Å². The van der Waals surface area contributed by atoms with Gasteiger partial charge < -0.3 is 9.15 Å². The molecule has 176 valence electrons. The summed E-state index contributed by atoms with van der Waals surface area (Å²) >= 11 is 0. The quantitative estimate of drug-likeness (QED) is 0.539. The summed E-state index contributed by atoms with van der Waals surface area (Å²) in [5.41, 5.74) is 3.19. The minimum atomic E-state index is -0.223. The maximum atomic E-state index is 13.4. The van der Waals surface area contributed by atoms with Crippen molar-refractivity contribution in [1.29, 1.82) is 0 Å². The molecule has 7 heteroatoms. The summed E-state index contributed by atoms with van der Waals surface area (Å²) in [5, 5.41) is 6.37. The average Bonchev–Trinajstić information content (AvgIpc) is 3.56. The van der Waals surface area contributed by atoms with Crippen molar-refractivity contribution in [3.8, 4) is 5.75 Å². The van der Waals surface area contributed by atoms with E-state index in [4.69, 9.17) is 14.3 Å². The van der Waals surface area contributed by atoms with Crippen LogP contribution in [0.25, 0.3) is 0 Å². The van der Waals surface area contributed by atoms with Gasteiger partial charge in [-0.2, -0.15) is 5.10 Å². The number of hydrogen-bond acceptors (Lipinski definition) is 6. The Labute approximate surface area is 200 Å². The average molecular weight is 459 g/mol. The Hall–Kier alpha value is -3.42. The second kappa shape index (κ2) is 10.2. The molecular weight excluding hydrogens is 428 g/mol. The molecule has 0 spiro atoms. The topological polar surface area (TPSA) is 61.5 Å². The molecule has 0 bridgehead atoms. The molecule has 0 unspecified atom stereocenters. The molecule has 1 fully saturated rings. The summed E-state index contributed by atoms with van der Waals surface area (Å²) in [6.07, 6.45) is 2.27. The monoisotopic (exact) mass is 458 g/mol. The molecule has 0 radical (unpaired) electrons. The largest absolute Gasteiger partial charge is 0.497 e. The number of ether oxygens (including phenoxy) is 1. The molecule has 3 heterocycles. The Morgan fingerprint density at radius 3 is 2.38 bits per heavy atom. The zero-order valence-electron chi connectivity index (χ0n) is 19.5. The SMILES string of the molecule is COc1ccc(C2=NN(C(=O)CN3CCN(Cc4ccccc4)CC3)[C@@H](c3ccco3)C2)cc1. The van der Waals surface area contributed by atoms with Gasteiger partial charge in [-0.15, -0.1) is 0 Å². The molecule has 2 aliphatic rings. The Kier molecular flexibility index (Phi) is 6.74. The summed E-state index contributed by atoms with van der Waals surface area (Å²) in [6, 6.07) is 21.9. The van der Waals surface area contributed by atoms with E-state index in [2.05, 4.69) is 34.1 Å². The first-order valence-corrected chi connectivity index (χ1v) is 11.8. The lowest BCUT2D eigenvalue weighted by Crippen LogP contribution is -2.49. The predicted octanol–water partition coefficient (Wildman–Crippen LogP) is 3.78. The van der Waals surface area contributed by atoms with Gasteiger partial charge in [0, 0.05) is 39.1 Å². The Morgan fingerprint density at radius 1 is 0.971 bits per heavy atom. The Morgan fingerprint density at radius 2 is 1.71 bits per heavy atom. The molecule has 1 saturated heterocycles. The number of rotatable bonds is 7. The third kappa shape index (κ3) is 5.05. The van der Waals surface area contributed by atoms with Crippen molar-refractivity contribution >= 4 is 11.6 Å². The van der Waals surface area contributed by atoms with Crippen LogP contribution >= 0.6 is 0 Å². The van der Waals surface area contributed by atoms with E-state index in [9.17, 15) is 4.79 Å². The molecule has 2 aromatic carbocycles. The summed E-state index contributed by atoms with van der Waals surface area (Å²) in [7, 11) is 1.65. The van der Waals surface area contributed by atoms with Crippen LogP contribution in [0.4, 0.5) is 0 Å². The van der Waals surface area contributed by atoms with Crippen LogP contribution in [0.3, 0.4) is 0 Å². The van der Waals surface area contributed by atoms with Crippen LogP contribution in [0, 0.1) is 0 Å². The van der Waals surface area contributed by atoms with Crippen LogP contribution in [0.5, 0.6) is 5.75 Å². The Balaban J connectivity index is 1.24. The summed E-state index contributed by atoms with van der Waals surface area (Å²) in [4.78, 5) is 18.0. The van der Waals surface area contributed by atoms with Crippen molar-refractivity contribution in [3.63, 3.8) is 0 Å². The third-order valence-electron chi connectivity index (χ3n) is 6.53. The molecule has 2 aliphatic heterocycles. The van der Waals surface area contributed by atoms with Crippen molar-refractivity contribution in [3.05, 3.63) is 89.9 Å². The zero-order chi connectivity index (χ0) is 23.3. The van der Waals surface area contributed by atoms with Gasteiger partial charge in [-0.1, -0.05) is 30.3 Å². The Bertz CT molecular complexity index is 1100. The molecule has 0 saturated carbocycles. The fourth-order valence-corrected chi connectivity index (χ4v) is 4.61. The van der Waals surface area contributed by atoms with E-state index in [-0.39, 0.29) is 11.9 Å². The zero-order valence-corrected chi connectivity index (χ0v) is 19.5. The highest BCUT2D eigenvalue weighted by molar-refractivity contribution is 6.03. The van der Waals surface area contributed by atoms with Gasteiger partial charge in [0.2, 0.25) is 0 Å². The number of carbonyl (C=O) groups excluding carboxylic acids is 1. The maximum Gasteiger partial charge on any atom is 0.257 e. The van der Waals surface area contributed by atoms with E-state index in [1.165, 1.54) is 5.56 Å². The van der Waals surface area contributed by atoms with Crippen molar-refractivity contribution < 1.29 is 13.9 Å². The van der Waals surface area contributed by atoms with Gasteiger partial charge in [0.25, 0.3) is 5.91 Å². The van der Waals surface area contributed by atoms with Crippen LogP contribution in [-0.2, 0) is 11.3 Å². The number of nitrogens with zero attached hydrogens (tertiary/aromatic N) is 4. The second-order valence-corrected chi connectivity index (χ2v) is 8.79. The number of hydrogen-bond donors (Lipinski definition) is 0. The molecule has 3 aromatic rings. The summed E-state index contributed by atoms with van der Waals surface area (Å²) in [5.74, 6) is 1.55. The first-order chi connectivity index (χ1) is 16.7. The van der Waals surface area contributed by atoms with Crippen LogP contribution < -0.4 is 4.74 Å². The fourth-order valence-electron chi connectivity index (χ4n) is 4.61. The van der Waals surface area contributed by atoms with Gasteiger partial charge in [-0.25, -0.2) is 5.01 Å². The van der Waals surface area contributed by atoms with E-state index in [0.29, 0.717) is 13.0 Å². The second-order valence-electron chi connectivity index (χ2n) is 8.79. The third-order valence-corrected chi connectivity index (χ3v) is 6.53. The lowest BCUT2D eigenvalue weighted by atomic mass is 10.0. The van der Waals surface area contributed by atoms with E-state index < -0.39 is 0 Å². The molecule has 5 rings (SSSR count). The number of hydrazone groups is 1. The minimum absolute atomic E-state index is 0.00132. The minimum Gasteiger partial charge on any atom is -0.497 e. The van der Waals surface area contributed by atoms with Crippen molar-refractivity contribution in [2.24, 2.45) is 5.10 Å². The summed E-state index contributed by atoms with van der Waals surface area (Å²) in [6.45, 7) is 4.94. The van der Waals surface area contributed by atoms with Crippen molar-refractivity contribution in [2.75, 3.05) is 39.8 Å². The van der Waals surface area contributed by atoms with Crippen molar-refractivity contribution in [1.82, 2.24) is 14.8 Å². The van der Waals surface area contributed by atoms with Gasteiger partial charge in [-0.3, -0.25) is 14.6 Å². The smallest absolute Gasteiger partial charge is 0.257 e. The lowest BCUT2D eigenvalue weighted by molar-refractivity contribution is -0.135.